The first-order valence-corrected chi connectivity index (χ1v) is 12.3. The Hall–Kier alpha value is -2.49. The van der Waals surface area contributed by atoms with Crippen LogP contribution in [0.3, 0.4) is 0 Å². The van der Waals surface area contributed by atoms with Gasteiger partial charge in [0.15, 0.2) is 16.7 Å². The van der Waals surface area contributed by atoms with Crippen molar-refractivity contribution in [3.05, 3.63) is 90.9 Å². The van der Waals surface area contributed by atoms with Crippen molar-refractivity contribution in [1.29, 1.82) is 0 Å². The minimum absolute atomic E-state index is 0.197. The van der Waals surface area contributed by atoms with Crippen molar-refractivity contribution < 1.29 is 14.3 Å². The lowest BCUT2D eigenvalue weighted by Gasteiger charge is -2.14. The van der Waals surface area contributed by atoms with Crippen molar-refractivity contribution in [2.24, 2.45) is 4.99 Å². The number of benzene rings is 3. The smallest absolute Gasteiger partial charge is 0.264 e. The normalized spacial score (nSPS) is 15.7. The Kier molecular flexibility index (Phi) is 7.62. The van der Waals surface area contributed by atoms with Gasteiger partial charge < -0.3 is 14.8 Å². The maximum absolute atomic E-state index is 12.5. The Morgan fingerprint density at radius 1 is 1.15 bits per heavy atom. The maximum atomic E-state index is 12.5. The van der Waals surface area contributed by atoms with E-state index in [9.17, 15) is 4.79 Å². The van der Waals surface area contributed by atoms with Crippen molar-refractivity contribution in [2.75, 3.05) is 7.11 Å². The number of carbonyl (C=O) groups excluding carboxylic acids is 1. The predicted octanol–water partition coefficient (Wildman–Crippen LogP) is 6.73. The summed E-state index contributed by atoms with van der Waals surface area (Å²) in [5, 5.41) is 3.97. The minimum Gasteiger partial charge on any atom is -0.493 e. The van der Waals surface area contributed by atoms with Crippen LogP contribution in [0.1, 0.15) is 16.7 Å². The molecule has 0 unspecified atom stereocenters. The van der Waals surface area contributed by atoms with Crippen LogP contribution in [0.25, 0.3) is 6.08 Å². The third kappa shape index (κ3) is 5.72. The largest absolute Gasteiger partial charge is 0.493 e. The Labute approximate surface area is 215 Å². The fourth-order valence-corrected chi connectivity index (χ4v) is 4.94. The van der Waals surface area contributed by atoms with Gasteiger partial charge in [0.25, 0.3) is 5.91 Å². The molecule has 0 bridgehead atoms. The van der Waals surface area contributed by atoms with Crippen LogP contribution in [0.15, 0.2) is 70.6 Å². The quantitative estimate of drug-likeness (QED) is 0.255. The molecule has 1 aliphatic heterocycles. The number of hydrogen-bond donors (Lipinski definition) is 1. The summed E-state index contributed by atoms with van der Waals surface area (Å²) in [6, 6.07) is 19.3. The second-order valence-electron chi connectivity index (χ2n) is 7.17. The molecule has 0 spiro atoms. The number of nitrogens with zero attached hydrogens (tertiary/aromatic N) is 1. The van der Waals surface area contributed by atoms with E-state index in [2.05, 4.69) is 32.9 Å². The topological polar surface area (TPSA) is 59.9 Å². The second kappa shape index (κ2) is 10.6. The summed E-state index contributed by atoms with van der Waals surface area (Å²) in [7, 11) is 1.60. The van der Waals surface area contributed by atoms with Crippen molar-refractivity contribution in [1.82, 2.24) is 5.32 Å². The average Bonchev–Trinajstić information content (AvgIpc) is 3.15. The molecule has 0 radical (unpaired) electrons. The standard InChI is InChI=1S/C25H20ClIN2O3S/c1-15-18(26)9-6-10-20(15)28-25-29-24(30)22(33-25)13-17-11-19(27)23(21(12-17)31-2)32-14-16-7-4-3-5-8-16/h3-13H,14H2,1-2H3,(H,28,29,30)/b22-13+. The van der Waals surface area contributed by atoms with E-state index >= 15 is 0 Å². The molecule has 8 heteroatoms. The Morgan fingerprint density at radius 3 is 2.70 bits per heavy atom. The first-order chi connectivity index (χ1) is 15.9. The molecule has 1 heterocycles. The van der Waals surface area contributed by atoms with E-state index in [4.69, 9.17) is 21.1 Å². The molecule has 1 aliphatic rings. The van der Waals surface area contributed by atoms with E-state index in [0.717, 1.165) is 25.9 Å². The zero-order valence-electron chi connectivity index (χ0n) is 17.9. The average molecular weight is 591 g/mol. The van der Waals surface area contributed by atoms with Gasteiger partial charge in [-0.15, -0.1) is 0 Å². The van der Waals surface area contributed by atoms with Crippen molar-refractivity contribution in [2.45, 2.75) is 13.5 Å². The Bertz CT molecular complexity index is 1260. The van der Waals surface area contributed by atoms with Crippen LogP contribution in [-0.2, 0) is 11.4 Å². The number of aliphatic imine (C=N–C) groups is 1. The molecule has 1 saturated heterocycles. The van der Waals surface area contributed by atoms with Gasteiger partial charge in [-0.1, -0.05) is 48.0 Å². The molecule has 1 amide bonds. The van der Waals surface area contributed by atoms with Crippen LogP contribution in [-0.4, -0.2) is 18.2 Å². The van der Waals surface area contributed by atoms with E-state index in [0.29, 0.717) is 33.2 Å². The van der Waals surface area contributed by atoms with Gasteiger partial charge in [0, 0.05) is 5.02 Å². The molecule has 0 aromatic heterocycles. The molecule has 3 aromatic carbocycles. The van der Waals surface area contributed by atoms with E-state index in [-0.39, 0.29) is 5.91 Å². The van der Waals surface area contributed by atoms with Gasteiger partial charge in [0.05, 0.1) is 21.3 Å². The lowest BCUT2D eigenvalue weighted by molar-refractivity contribution is -0.115. The molecule has 1 N–H and O–H groups in total. The summed E-state index contributed by atoms with van der Waals surface area (Å²) >= 11 is 9.68. The van der Waals surface area contributed by atoms with Gasteiger partial charge in [-0.2, -0.15) is 0 Å². The van der Waals surface area contributed by atoms with Gasteiger partial charge >= 0.3 is 0 Å². The van der Waals surface area contributed by atoms with Crippen molar-refractivity contribution in [3.63, 3.8) is 0 Å². The number of rotatable bonds is 6. The van der Waals surface area contributed by atoms with Crippen LogP contribution in [0.4, 0.5) is 5.69 Å². The highest BCUT2D eigenvalue weighted by atomic mass is 127. The molecule has 33 heavy (non-hydrogen) atoms. The Morgan fingerprint density at radius 2 is 1.94 bits per heavy atom. The second-order valence-corrected chi connectivity index (χ2v) is 9.77. The third-order valence-corrected chi connectivity index (χ3v) is 7.01. The summed E-state index contributed by atoms with van der Waals surface area (Å²) in [6.45, 7) is 2.34. The fraction of sp³-hybridized carbons (Fsp3) is 0.120. The number of thioether (sulfide) groups is 1. The minimum atomic E-state index is -0.197. The van der Waals surface area contributed by atoms with Crippen LogP contribution in [0.2, 0.25) is 5.02 Å². The SMILES string of the molecule is COc1cc(/C=C2/SC(=Nc3cccc(Cl)c3C)NC2=O)cc(I)c1OCc1ccccc1. The zero-order valence-corrected chi connectivity index (χ0v) is 21.6. The number of amidine groups is 1. The number of hydrogen-bond acceptors (Lipinski definition) is 5. The van der Waals surface area contributed by atoms with Gasteiger partial charge in [-0.05, 0) is 88.3 Å². The number of carbonyl (C=O) groups is 1. The Balaban J connectivity index is 1.56. The monoisotopic (exact) mass is 590 g/mol. The fourth-order valence-electron chi connectivity index (χ4n) is 3.15. The van der Waals surface area contributed by atoms with Crippen molar-refractivity contribution >= 4 is 68.8 Å². The molecule has 168 valence electrons. The van der Waals surface area contributed by atoms with Crippen LogP contribution >= 0.6 is 46.0 Å². The van der Waals surface area contributed by atoms with Crippen molar-refractivity contribution in [3.8, 4) is 11.5 Å². The summed E-state index contributed by atoms with van der Waals surface area (Å²) in [6.07, 6.45) is 1.82. The van der Waals surface area contributed by atoms with E-state index in [1.54, 1.807) is 7.11 Å². The lowest BCUT2D eigenvalue weighted by atomic mass is 10.2. The highest BCUT2D eigenvalue weighted by molar-refractivity contribution is 14.1. The van der Waals surface area contributed by atoms with Crippen LogP contribution in [0, 0.1) is 10.5 Å². The summed E-state index contributed by atoms with van der Waals surface area (Å²) in [5.74, 6) is 1.08. The van der Waals surface area contributed by atoms with Gasteiger partial charge in [-0.3, -0.25) is 4.79 Å². The van der Waals surface area contributed by atoms with E-state index in [1.165, 1.54) is 11.8 Å². The number of nitrogens with one attached hydrogen (secondary N) is 1. The van der Waals surface area contributed by atoms with Gasteiger partial charge in [0.2, 0.25) is 0 Å². The number of amides is 1. The molecular weight excluding hydrogens is 571 g/mol. The first-order valence-electron chi connectivity index (χ1n) is 10.0. The zero-order chi connectivity index (χ0) is 23.4. The highest BCUT2D eigenvalue weighted by Gasteiger charge is 2.24. The van der Waals surface area contributed by atoms with Gasteiger partial charge in [-0.25, -0.2) is 4.99 Å². The predicted molar refractivity (Wildman–Crippen MR) is 143 cm³/mol. The lowest BCUT2D eigenvalue weighted by Crippen LogP contribution is -2.19. The molecule has 0 atom stereocenters. The first kappa shape index (κ1) is 23.7. The van der Waals surface area contributed by atoms with Gasteiger partial charge in [0.1, 0.15) is 6.61 Å². The van der Waals surface area contributed by atoms with Crippen LogP contribution < -0.4 is 14.8 Å². The molecular formula is C25H20ClIN2O3S. The molecule has 0 aliphatic carbocycles. The molecule has 0 saturated carbocycles. The van der Waals surface area contributed by atoms with Crippen LogP contribution in [0.5, 0.6) is 11.5 Å². The molecule has 1 fully saturated rings. The number of ether oxygens (including phenoxy) is 2. The molecule has 4 rings (SSSR count). The molecule has 3 aromatic rings. The number of halogens is 2. The summed E-state index contributed by atoms with van der Waals surface area (Å²) in [4.78, 5) is 17.6. The number of methoxy groups -OCH3 is 1. The maximum Gasteiger partial charge on any atom is 0.264 e. The highest BCUT2D eigenvalue weighted by Crippen LogP contribution is 2.37. The summed E-state index contributed by atoms with van der Waals surface area (Å²) < 4.78 is 12.5. The van der Waals surface area contributed by atoms with E-state index in [1.807, 2.05) is 73.7 Å². The molecule has 5 nitrogen and oxygen atoms in total. The third-order valence-electron chi connectivity index (χ3n) is 4.89. The van der Waals surface area contributed by atoms with E-state index < -0.39 is 0 Å². The summed E-state index contributed by atoms with van der Waals surface area (Å²) in [5.41, 5.74) is 3.50.